The summed E-state index contributed by atoms with van der Waals surface area (Å²) in [4.78, 5) is 14.1. The lowest BCUT2D eigenvalue weighted by Gasteiger charge is -2.24. The van der Waals surface area contributed by atoms with E-state index in [0.29, 0.717) is 37.6 Å². The second-order valence-corrected chi connectivity index (χ2v) is 9.31. The Morgan fingerprint density at radius 1 is 1.20 bits per heavy atom. The Bertz CT molecular complexity index is 762. The van der Waals surface area contributed by atoms with Crippen LogP contribution in [-0.4, -0.2) is 62.4 Å². The molecule has 0 saturated carbocycles. The molecule has 1 aromatic rings. The van der Waals surface area contributed by atoms with Gasteiger partial charge in [0.05, 0.1) is 17.6 Å². The third-order valence-corrected chi connectivity index (χ3v) is 7.54. The summed E-state index contributed by atoms with van der Waals surface area (Å²) in [5.74, 6) is 0.615. The van der Waals surface area contributed by atoms with Gasteiger partial charge in [-0.15, -0.1) is 0 Å². The van der Waals surface area contributed by atoms with Crippen LogP contribution in [0.5, 0.6) is 0 Å². The SMILES string of the molecule is Cc1ccc(S(=O)(=O)N2C[C@@H]3[C@H](CN4CCCC4=O)CO[C@@H]3C2)cc1. The maximum Gasteiger partial charge on any atom is 0.243 e. The number of amides is 1. The van der Waals surface area contributed by atoms with Crippen molar-refractivity contribution in [3.8, 4) is 0 Å². The molecule has 0 radical (unpaired) electrons. The van der Waals surface area contributed by atoms with E-state index in [1.54, 1.807) is 16.4 Å². The smallest absolute Gasteiger partial charge is 0.243 e. The van der Waals surface area contributed by atoms with Crippen LogP contribution >= 0.6 is 0 Å². The van der Waals surface area contributed by atoms with Crippen LogP contribution < -0.4 is 0 Å². The van der Waals surface area contributed by atoms with Gasteiger partial charge in [-0.1, -0.05) is 17.7 Å². The van der Waals surface area contributed by atoms with Gasteiger partial charge in [-0.25, -0.2) is 8.42 Å². The third-order valence-electron chi connectivity index (χ3n) is 5.69. The van der Waals surface area contributed by atoms with Crippen LogP contribution in [0.4, 0.5) is 0 Å². The summed E-state index contributed by atoms with van der Waals surface area (Å²) < 4.78 is 33.2. The molecule has 0 bridgehead atoms. The number of rotatable bonds is 4. The Balaban J connectivity index is 1.47. The fourth-order valence-electron chi connectivity index (χ4n) is 4.19. The number of hydrogen-bond donors (Lipinski definition) is 0. The van der Waals surface area contributed by atoms with E-state index in [1.807, 2.05) is 24.0 Å². The normalized spacial score (nSPS) is 30.2. The van der Waals surface area contributed by atoms with Crippen molar-refractivity contribution in [3.05, 3.63) is 29.8 Å². The number of likely N-dealkylation sites (tertiary alicyclic amines) is 1. The van der Waals surface area contributed by atoms with Crippen molar-refractivity contribution in [2.24, 2.45) is 11.8 Å². The average molecular weight is 364 g/mol. The Labute approximate surface area is 148 Å². The first-order valence-electron chi connectivity index (χ1n) is 8.91. The largest absolute Gasteiger partial charge is 0.376 e. The van der Waals surface area contributed by atoms with E-state index in [-0.39, 0.29) is 23.8 Å². The van der Waals surface area contributed by atoms with E-state index >= 15 is 0 Å². The molecule has 3 atom stereocenters. The fraction of sp³-hybridized carbons (Fsp3) is 0.611. The highest BCUT2D eigenvalue weighted by molar-refractivity contribution is 7.89. The van der Waals surface area contributed by atoms with Crippen molar-refractivity contribution in [3.63, 3.8) is 0 Å². The minimum atomic E-state index is -3.49. The van der Waals surface area contributed by atoms with Crippen molar-refractivity contribution in [1.82, 2.24) is 9.21 Å². The predicted molar refractivity (Wildman–Crippen MR) is 92.5 cm³/mol. The first-order valence-corrected chi connectivity index (χ1v) is 10.4. The lowest BCUT2D eigenvalue weighted by molar-refractivity contribution is -0.128. The molecule has 3 fully saturated rings. The molecule has 0 unspecified atom stereocenters. The topological polar surface area (TPSA) is 66.9 Å². The lowest BCUT2D eigenvalue weighted by Crippen LogP contribution is -2.36. The van der Waals surface area contributed by atoms with Gasteiger partial charge in [-0.2, -0.15) is 4.31 Å². The molecule has 3 aliphatic rings. The number of carbonyl (C=O) groups excluding carboxylic acids is 1. The maximum absolute atomic E-state index is 12.9. The Hall–Kier alpha value is -1.44. The van der Waals surface area contributed by atoms with Gasteiger partial charge in [0.2, 0.25) is 15.9 Å². The summed E-state index contributed by atoms with van der Waals surface area (Å²) in [6.07, 6.45) is 1.51. The Morgan fingerprint density at radius 3 is 2.64 bits per heavy atom. The van der Waals surface area contributed by atoms with Crippen LogP contribution in [0.25, 0.3) is 0 Å². The second kappa shape index (κ2) is 6.37. The van der Waals surface area contributed by atoms with Crippen molar-refractivity contribution >= 4 is 15.9 Å². The van der Waals surface area contributed by atoms with Crippen molar-refractivity contribution < 1.29 is 17.9 Å². The minimum absolute atomic E-state index is 0.0528. The van der Waals surface area contributed by atoms with Crippen molar-refractivity contribution in [2.75, 3.05) is 32.8 Å². The van der Waals surface area contributed by atoms with Crippen LogP contribution in [0.15, 0.2) is 29.2 Å². The van der Waals surface area contributed by atoms with Crippen molar-refractivity contribution in [2.45, 2.75) is 30.8 Å². The fourth-order valence-corrected chi connectivity index (χ4v) is 5.68. The molecule has 3 saturated heterocycles. The molecule has 0 aromatic heterocycles. The summed E-state index contributed by atoms with van der Waals surface area (Å²) in [5, 5.41) is 0. The summed E-state index contributed by atoms with van der Waals surface area (Å²) in [6.45, 7) is 4.96. The first kappa shape index (κ1) is 17.0. The van der Waals surface area contributed by atoms with E-state index in [1.165, 1.54) is 0 Å². The molecule has 3 heterocycles. The predicted octanol–water partition coefficient (Wildman–Crippen LogP) is 1.25. The van der Waals surface area contributed by atoms with Gasteiger partial charge >= 0.3 is 0 Å². The number of carbonyl (C=O) groups is 1. The van der Waals surface area contributed by atoms with E-state index in [0.717, 1.165) is 18.5 Å². The van der Waals surface area contributed by atoms with Gasteiger partial charge in [-0.3, -0.25) is 4.79 Å². The van der Waals surface area contributed by atoms with Gasteiger partial charge < -0.3 is 9.64 Å². The van der Waals surface area contributed by atoms with Gasteiger partial charge in [0, 0.05) is 44.4 Å². The lowest BCUT2D eigenvalue weighted by atomic mass is 9.93. The molecular formula is C18H24N2O4S. The molecule has 0 spiro atoms. The molecule has 25 heavy (non-hydrogen) atoms. The molecule has 3 aliphatic heterocycles. The van der Waals surface area contributed by atoms with Crippen molar-refractivity contribution in [1.29, 1.82) is 0 Å². The number of nitrogens with zero attached hydrogens (tertiary/aromatic N) is 2. The average Bonchev–Trinajstić information content (AvgIpc) is 3.26. The summed E-state index contributed by atoms with van der Waals surface area (Å²) in [5.41, 5.74) is 1.04. The standard InChI is InChI=1S/C18H24N2O4S/c1-13-4-6-15(7-5-13)25(22,23)20-10-16-14(12-24-17(16)11-20)9-19-8-2-3-18(19)21/h4-7,14,16-17H,2-3,8-12H2,1H3/t14-,16-,17-/m1/s1. The maximum atomic E-state index is 12.9. The molecule has 6 nitrogen and oxygen atoms in total. The van der Waals surface area contributed by atoms with Gasteiger partial charge in [0.25, 0.3) is 0 Å². The van der Waals surface area contributed by atoms with Crippen LogP contribution in [0.3, 0.4) is 0 Å². The highest BCUT2D eigenvalue weighted by Crippen LogP contribution is 2.37. The highest BCUT2D eigenvalue weighted by Gasteiger charge is 2.48. The molecule has 4 rings (SSSR count). The zero-order valence-electron chi connectivity index (χ0n) is 14.4. The number of ether oxygens (including phenoxy) is 1. The molecule has 0 N–H and O–H groups in total. The van der Waals surface area contributed by atoms with E-state index in [4.69, 9.17) is 4.74 Å². The quantitative estimate of drug-likeness (QED) is 0.807. The molecule has 7 heteroatoms. The van der Waals surface area contributed by atoms with Gasteiger partial charge in [0.1, 0.15) is 0 Å². The monoisotopic (exact) mass is 364 g/mol. The summed E-state index contributed by atoms with van der Waals surface area (Å²) in [6, 6.07) is 6.98. The molecule has 1 amide bonds. The molecule has 136 valence electrons. The molecule has 1 aromatic carbocycles. The van der Waals surface area contributed by atoms with E-state index < -0.39 is 10.0 Å². The van der Waals surface area contributed by atoms with Gasteiger partial charge in [0.15, 0.2) is 0 Å². The zero-order chi connectivity index (χ0) is 17.6. The summed E-state index contributed by atoms with van der Waals surface area (Å²) in [7, 11) is -3.49. The minimum Gasteiger partial charge on any atom is -0.376 e. The summed E-state index contributed by atoms with van der Waals surface area (Å²) >= 11 is 0. The molecular weight excluding hydrogens is 340 g/mol. The van der Waals surface area contributed by atoms with E-state index in [2.05, 4.69) is 0 Å². The number of sulfonamides is 1. The molecule has 0 aliphatic carbocycles. The first-order chi connectivity index (χ1) is 11.9. The number of benzene rings is 1. The highest BCUT2D eigenvalue weighted by atomic mass is 32.2. The van der Waals surface area contributed by atoms with Gasteiger partial charge in [-0.05, 0) is 25.5 Å². The second-order valence-electron chi connectivity index (χ2n) is 7.37. The zero-order valence-corrected chi connectivity index (χ0v) is 15.2. The van der Waals surface area contributed by atoms with Crippen LogP contribution in [0.1, 0.15) is 18.4 Å². The number of aryl methyl sites for hydroxylation is 1. The van der Waals surface area contributed by atoms with Crippen LogP contribution in [-0.2, 0) is 19.6 Å². The third kappa shape index (κ3) is 3.09. The van der Waals surface area contributed by atoms with Crippen LogP contribution in [0.2, 0.25) is 0 Å². The number of fused-ring (bicyclic) bond motifs is 1. The number of hydrogen-bond acceptors (Lipinski definition) is 4. The van der Waals surface area contributed by atoms with Crippen LogP contribution in [0, 0.1) is 18.8 Å². The Kier molecular flexibility index (Phi) is 4.33. The Morgan fingerprint density at radius 2 is 1.96 bits per heavy atom. The van der Waals surface area contributed by atoms with E-state index in [9.17, 15) is 13.2 Å².